The molecule has 1 heterocycles. The van der Waals surface area contributed by atoms with Gasteiger partial charge in [0.2, 0.25) is 10.0 Å². The van der Waals surface area contributed by atoms with E-state index >= 15 is 0 Å². The van der Waals surface area contributed by atoms with Crippen LogP contribution >= 0.6 is 0 Å². The lowest BCUT2D eigenvalue weighted by Gasteiger charge is -2.25. The van der Waals surface area contributed by atoms with Gasteiger partial charge in [-0.05, 0) is 54.8 Å². The molecular weight excluding hydrogens is 346 g/mol. The van der Waals surface area contributed by atoms with Crippen molar-refractivity contribution in [2.24, 2.45) is 4.99 Å². The highest BCUT2D eigenvalue weighted by Gasteiger charge is 2.25. The maximum absolute atomic E-state index is 12.6. The molecule has 0 aliphatic carbocycles. The number of aliphatic imine (C=N–C) groups is 1. The van der Waals surface area contributed by atoms with Crippen molar-refractivity contribution in [1.29, 1.82) is 0 Å². The monoisotopic (exact) mass is 371 g/mol. The third-order valence-electron chi connectivity index (χ3n) is 4.56. The van der Waals surface area contributed by atoms with Gasteiger partial charge >= 0.3 is 0 Å². The molecule has 138 valence electrons. The molecule has 0 aromatic heterocycles. The molecule has 1 fully saturated rings. The number of benzene rings is 2. The predicted octanol–water partition coefficient (Wildman–Crippen LogP) is 3.68. The molecule has 1 aliphatic heterocycles. The second-order valence-electron chi connectivity index (χ2n) is 6.70. The number of hydrogen-bond donors (Lipinski definition) is 0. The molecule has 2 aromatic carbocycles. The Hall–Kier alpha value is -2.18. The highest BCUT2D eigenvalue weighted by molar-refractivity contribution is 7.89. The van der Waals surface area contributed by atoms with Crippen LogP contribution in [0.15, 0.2) is 58.4 Å². The van der Waals surface area contributed by atoms with E-state index in [1.165, 1.54) is 0 Å². The number of sulfonamides is 1. The second kappa shape index (κ2) is 8.01. The zero-order valence-electron chi connectivity index (χ0n) is 15.3. The largest absolute Gasteiger partial charge is 0.378 e. The van der Waals surface area contributed by atoms with E-state index in [2.05, 4.69) is 4.99 Å². The summed E-state index contributed by atoms with van der Waals surface area (Å²) in [5.41, 5.74) is 2.87. The lowest BCUT2D eigenvalue weighted by atomic mass is 10.2. The van der Waals surface area contributed by atoms with E-state index in [0.717, 1.165) is 36.2 Å². The second-order valence-corrected chi connectivity index (χ2v) is 8.64. The van der Waals surface area contributed by atoms with Crippen LogP contribution in [0, 0.1) is 0 Å². The Morgan fingerprint density at radius 3 is 2.12 bits per heavy atom. The summed E-state index contributed by atoms with van der Waals surface area (Å²) in [5, 5.41) is 0. The Kier molecular flexibility index (Phi) is 5.74. The molecule has 26 heavy (non-hydrogen) atoms. The van der Waals surface area contributed by atoms with Gasteiger partial charge < -0.3 is 4.90 Å². The highest BCUT2D eigenvalue weighted by Crippen LogP contribution is 2.23. The minimum atomic E-state index is -3.38. The Bertz CT molecular complexity index is 851. The first-order chi connectivity index (χ1) is 12.5. The molecule has 6 heteroatoms. The number of piperidine rings is 1. The van der Waals surface area contributed by atoms with Gasteiger partial charge in [-0.1, -0.05) is 18.6 Å². The smallest absolute Gasteiger partial charge is 0.243 e. The molecule has 0 spiro atoms. The maximum Gasteiger partial charge on any atom is 0.243 e. The Morgan fingerprint density at radius 1 is 0.923 bits per heavy atom. The van der Waals surface area contributed by atoms with E-state index in [9.17, 15) is 8.42 Å². The molecule has 0 bridgehead atoms. The van der Waals surface area contributed by atoms with Crippen molar-refractivity contribution in [3.05, 3.63) is 54.1 Å². The summed E-state index contributed by atoms with van der Waals surface area (Å²) >= 11 is 0. The lowest BCUT2D eigenvalue weighted by molar-refractivity contribution is 0.346. The summed E-state index contributed by atoms with van der Waals surface area (Å²) in [5.74, 6) is 0. The van der Waals surface area contributed by atoms with Crippen LogP contribution in [0.25, 0.3) is 0 Å². The molecule has 0 amide bonds. The van der Waals surface area contributed by atoms with E-state index in [1.54, 1.807) is 34.8 Å². The summed E-state index contributed by atoms with van der Waals surface area (Å²) in [6, 6.07) is 14.9. The molecule has 1 aliphatic rings. The van der Waals surface area contributed by atoms with Crippen LogP contribution in [0.4, 0.5) is 11.4 Å². The van der Waals surface area contributed by atoms with E-state index in [-0.39, 0.29) is 0 Å². The van der Waals surface area contributed by atoms with Gasteiger partial charge in [-0.2, -0.15) is 4.31 Å². The molecule has 2 aromatic rings. The number of anilines is 1. The number of nitrogens with zero attached hydrogens (tertiary/aromatic N) is 3. The fourth-order valence-electron chi connectivity index (χ4n) is 2.97. The van der Waals surface area contributed by atoms with Gasteiger partial charge in [-0.25, -0.2) is 8.42 Å². The molecular formula is C20H25N3O2S. The van der Waals surface area contributed by atoms with Crippen molar-refractivity contribution in [3.8, 4) is 0 Å². The Balaban J connectivity index is 1.71. The molecule has 0 N–H and O–H groups in total. The van der Waals surface area contributed by atoms with Crippen LogP contribution < -0.4 is 4.90 Å². The first-order valence-electron chi connectivity index (χ1n) is 8.88. The third-order valence-corrected chi connectivity index (χ3v) is 6.47. The molecule has 5 nitrogen and oxygen atoms in total. The third kappa shape index (κ3) is 4.31. The van der Waals surface area contributed by atoms with Crippen molar-refractivity contribution in [3.63, 3.8) is 0 Å². The zero-order chi connectivity index (χ0) is 18.6. The van der Waals surface area contributed by atoms with Crippen LogP contribution in [0.5, 0.6) is 0 Å². The van der Waals surface area contributed by atoms with E-state index in [4.69, 9.17) is 0 Å². The maximum atomic E-state index is 12.6. The summed E-state index contributed by atoms with van der Waals surface area (Å²) in [6.07, 6.45) is 4.77. The van der Waals surface area contributed by atoms with Crippen molar-refractivity contribution in [2.75, 3.05) is 32.1 Å². The molecule has 1 saturated heterocycles. The highest BCUT2D eigenvalue weighted by atomic mass is 32.2. The molecule has 0 unspecified atom stereocenters. The van der Waals surface area contributed by atoms with Gasteiger partial charge in [0, 0.05) is 39.1 Å². The minimum absolute atomic E-state index is 0.341. The van der Waals surface area contributed by atoms with E-state index < -0.39 is 10.0 Å². The standard InChI is InChI=1S/C20H25N3O2S/c1-22(2)19-10-6-17(7-11-19)16-21-18-8-12-20(13-9-18)26(24,25)23-14-4-3-5-15-23/h6-13,16H,3-5,14-15H2,1-2H3. The van der Waals surface area contributed by atoms with Gasteiger partial charge in [0.15, 0.2) is 0 Å². The SMILES string of the molecule is CN(C)c1ccc(C=Nc2ccc(S(=O)(=O)N3CCCCC3)cc2)cc1. The van der Waals surface area contributed by atoms with Crippen LogP contribution in [-0.4, -0.2) is 46.1 Å². The molecule has 3 rings (SSSR count). The van der Waals surface area contributed by atoms with E-state index in [1.807, 2.05) is 43.3 Å². The van der Waals surface area contributed by atoms with Gasteiger partial charge in [0.25, 0.3) is 0 Å². The molecule has 0 atom stereocenters. The average Bonchev–Trinajstić information content (AvgIpc) is 2.67. The van der Waals surface area contributed by atoms with Gasteiger partial charge in [0.05, 0.1) is 10.6 Å². The van der Waals surface area contributed by atoms with Crippen molar-refractivity contribution < 1.29 is 8.42 Å². The Labute approximate surface area is 156 Å². The molecule has 0 saturated carbocycles. The van der Waals surface area contributed by atoms with Crippen molar-refractivity contribution in [1.82, 2.24) is 4.31 Å². The summed E-state index contributed by atoms with van der Waals surface area (Å²) in [7, 11) is 0.623. The summed E-state index contributed by atoms with van der Waals surface area (Å²) < 4.78 is 26.9. The van der Waals surface area contributed by atoms with Crippen molar-refractivity contribution in [2.45, 2.75) is 24.2 Å². The van der Waals surface area contributed by atoms with Gasteiger partial charge in [0.1, 0.15) is 0 Å². The lowest BCUT2D eigenvalue weighted by Crippen LogP contribution is -2.35. The topological polar surface area (TPSA) is 53.0 Å². The summed E-state index contributed by atoms with van der Waals surface area (Å²) in [4.78, 5) is 6.83. The average molecular weight is 372 g/mol. The van der Waals surface area contributed by atoms with Crippen LogP contribution in [-0.2, 0) is 10.0 Å². The number of rotatable bonds is 5. The first-order valence-corrected chi connectivity index (χ1v) is 10.3. The van der Waals surface area contributed by atoms with Crippen LogP contribution in [0.2, 0.25) is 0 Å². The van der Waals surface area contributed by atoms with Crippen LogP contribution in [0.3, 0.4) is 0 Å². The first kappa shape index (κ1) is 18.6. The normalized spacial score (nSPS) is 16.1. The quantitative estimate of drug-likeness (QED) is 0.754. The zero-order valence-corrected chi connectivity index (χ0v) is 16.1. The van der Waals surface area contributed by atoms with Crippen LogP contribution in [0.1, 0.15) is 24.8 Å². The minimum Gasteiger partial charge on any atom is -0.378 e. The fourth-order valence-corrected chi connectivity index (χ4v) is 4.48. The van der Waals surface area contributed by atoms with Gasteiger partial charge in [-0.3, -0.25) is 4.99 Å². The number of hydrogen-bond acceptors (Lipinski definition) is 4. The predicted molar refractivity (Wildman–Crippen MR) is 107 cm³/mol. The Morgan fingerprint density at radius 2 is 1.54 bits per heavy atom. The van der Waals surface area contributed by atoms with Gasteiger partial charge in [-0.15, -0.1) is 0 Å². The van der Waals surface area contributed by atoms with E-state index in [0.29, 0.717) is 18.0 Å². The summed E-state index contributed by atoms with van der Waals surface area (Å²) in [6.45, 7) is 1.23. The fraction of sp³-hybridized carbons (Fsp3) is 0.350. The molecule has 0 radical (unpaired) electrons. The van der Waals surface area contributed by atoms with Crippen molar-refractivity contribution >= 4 is 27.6 Å².